The van der Waals surface area contributed by atoms with E-state index in [1.807, 2.05) is 0 Å². The summed E-state index contributed by atoms with van der Waals surface area (Å²) in [6.45, 7) is 18.1. The van der Waals surface area contributed by atoms with Crippen molar-refractivity contribution >= 4 is 99.5 Å². The summed E-state index contributed by atoms with van der Waals surface area (Å²) in [4.78, 5) is 4.98. The van der Waals surface area contributed by atoms with E-state index in [0.29, 0.717) is 0 Å². The van der Waals surface area contributed by atoms with Crippen LogP contribution in [0.3, 0.4) is 0 Å². The van der Waals surface area contributed by atoms with E-state index in [9.17, 15) is 0 Å². The van der Waals surface area contributed by atoms with Crippen molar-refractivity contribution in [3.8, 4) is 33.4 Å². The molecule has 0 fully saturated rings. The molecule has 0 N–H and O–H groups in total. The van der Waals surface area contributed by atoms with Gasteiger partial charge in [-0.15, -0.1) is 0 Å². The van der Waals surface area contributed by atoms with Gasteiger partial charge >= 0.3 is 0 Å². The van der Waals surface area contributed by atoms with Crippen LogP contribution in [-0.2, 0) is 16.2 Å². The fourth-order valence-electron chi connectivity index (χ4n) is 15.7. The molecule has 0 spiro atoms. The minimum absolute atomic E-state index is 0.0676. The quantitative estimate of drug-likeness (QED) is 0.137. The number of furan rings is 2. The van der Waals surface area contributed by atoms with Gasteiger partial charge in [0.2, 0.25) is 0 Å². The summed E-state index contributed by atoms with van der Waals surface area (Å²) < 4.78 is 14.9. The molecule has 0 aliphatic heterocycles. The molecule has 4 heteroatoms. The van der Waals surface area contributed by atoms with Crippen LogP contribution in [0.1, 0.15) is 86.1 Å². The van der Waals surface area contributed by atoms with Crippen molar-refractivity contribution in [2.24, 2.45) is 0 Å². The summed E-state index contributed by atoms with van der Waals surface area (Å²) in [6.07, 6.45) is 0. The number of fused-ring (bicyclic) bond motifs is 13. The lowest BCUT2D eigenvalue weighted by atomic mass is 9.67. The smallest absolute Gasteiger partial charge is 0.159 e. The number of rotatable bonds is 10. The van der Waals surface area contributed by atoms with Crippen LogP contribution in [0.4, 0.5) is 34.1 Å². The second-order valence-corrected chi connectivity index (χ2v) is 28.0. The molecule has 2 aromatic heterocycles. The topological polar surface area (TPSA) is 32.8 Å². The fourth-order valence-corrected chi connectivity index (χ4v) is 15.7. The zero-order valence-electron chi connectivity index (χ0n) is 54.9. The lowest BCUT2D eigenvalue weighted by Crippen LogP contribution is -2.29. The highest BCUT2D eigenvalue weighted by Crippen LogP contribution is 2.63. The molecule has 458 valence electrons. The van der Waals surface area contributed by atoms with Gasteiger partial charge in [-0.25, -0.2) is 0 Å². The Morgan fingerprint density at radius 3 is 0.968 bits per heavy atom. The van der Waals surface area contributed by atoms with Crippen LogP contribution in [-0.4, -0.2) is 0 Å². The summed E-state index contributed by atoms with van der Waals surface area (Å²) in [7, 11) is 0. The van der Waals surface area contributed by atoms with Gasteiger partial charge < -0.3 is 18.6 Å². The SMILES string of the molecule is Cc1ccccc1-c1cccc2c1oc1c(N(c3ccc(C(C)(C)C)cc3)c3cc4c(c5ccccc35)-c3c(cc(N(c5ccc(C(C)(C)C)cc5)c5cccc6c5oc5c(-c7ccccc7C)cccc56)c5ccccc35)C4(c3ccccc3)c3ccccc3)cccc12. The van der Waals surface area contributed by atoms with Gasteiger partial charge in [0.05, 0.1) is 28.2 Å². The van der Waals surface area contributed by atoms with Crippen molar-refractivity contribution in [3.05, 3.63) is 336 Å². The zero-order valence-corrected chi connectivity index (χ0v) is 54.9. The maximum Gasteiger partial charge on any atom is 0.159 e. The van der Waals surface area contributed by atoms with E-state index in [4.69, 9.17) is 8.83 Å². The van der Waals surface area contributed by atoms with Crippen LogP contribution in [0.5, 0.6) is 0 Å². The fraction of sp³-hybridized carbons (Fsp3) is 0.121. The lowest BCUT2D eigenvalue weighted by Gasteiger charge is -2.36. The second kappa shape index (κ2) is 22.0. The molecule has 1 aliphatic carbocycles. The average Bonchev–Trinajstić information content (AvgIpc) is 1.52. The number of hydrogen-bond donors (Lipinski definition) is 0. The molecule has 17 rings (SSSR count). The minimum Gasteiger partial charge on any atom is -0.453 e. The molecule has 14 aromatic carbocycles. The standard InChI is InChI=1S/C91H72N2O2/c1-57-27-15-17-33-65(57)71-39-23-41-73-75-43-25-45-79(87(75)94-85(71)73)92(63-51-47-59(48-52-63)89(3,4)5)81-55-77-83(69-37-21-19-35-67(69)81)84-70-38-22-20-36-68(70)82(56-78(84)91(77,61-29-11-9-12-30-61)62-31-13-10-14-32-62)93(64-53-49-60(50-54-64)90(6,7)8)80-46-26-44-76-74-42-24-40-72(86(74)95-88(76)80)66-34-18-16-28-58(66)2/h9-56H,1-8H3. The third kappa shape index (κ3) is 9.02. The number of benzene rings is 14. The van der Waals surface area contributed by atoms with Gasteiger partial charge in [-0.05, 0) is 151 Å². The van der Waals surface area contributed by atoms with Crippen molar-refractivity contribution in [2.75, 3.05) is 9.80 Å². The monoisotopic (exact) mass is 1220 g/mol. The first-order chi connectivity index (χ1) is 46.3. The van der Waals surface area contributed by atoms with E-state index < -0.39 is 5.41 Å². The van der Waals surface area contributed by atoms with Crippen LogP contribution in [0.2, 0.25) is 0 Å². The van der Waals surface area contributed by atoms with Gasteiger partial charge in [0.1, 0.15) is 11.2 Å². The third-order valence-corrected chi connectivity index (χ3v) is 20.3. The van der Waals surface area contributed by atoms with E-state index in [1.165, 1.54) is 55.6 Å². The first kappa shape index (κ1) is 57.7. The van der Waals surface area contributed by atoms with Crippen molar-refractivity contribution in [1.29, 1.82) is 0 Å². The van der Waals surface area contributed by atoms with Crippen molar-refractivity contribution in [2.45, 2.75) is 71.6 Å². The van der Waals surface area contributed by atoms with Gasteiger partial charge in [-0.2, -0.15) is 0 Å². The highest BCUT2D eigenvalue weighted by molar-refractivity contribution is 6.21. The van der Waals surface area contributed by atoms with E-state index >= 15 is 0 Å². The molecule has 0 amide bonds. The van der Waals surface area contributed by atoms with Crippen LogP contribution in [0, 0.1) is 13.8 Å². The maximum absolute atomic E-state index is 7.46. The predicted octanol–water partition coefficient (Wildman–Crippen LogP) is 25.6. The Hall–Kier alpha value is -11.2. The number of aryl methyl sites for hydroxylation is 2. The molecular weight excluding hydrogens is 1150 g/mol. The van der Waals surface area contributed by atoms with Gasteiger partial charge in [0, 0.05) is 54.8 Å². The Balaban J connectivity index is 0.988. The molecule has 1 aliphatic rings. The largest absolute Gasteiger partial charge is 0.453 e. The number of anilines is 6. The van der Waals surface area contributed by atoms with E-state index in [0.717, 1.165) is 122 Å². The number of nitrogens with zero attached hydrogens (tertiary/aromatic N) is 2. The summed E-state index contributed by atoms with van der Waals surface area (Å²) in [5.41, 5.74) is 25.0. The van der Waals surface area contributed by atoms with Gasteiger partial charge in [0.15, 0.2) is 11.2 Å². The zero-order chi connectivity index (χ0) is 64.5. The Kier molecular flexibility index (Phi) is 13.3. The van der Waals surface area contributed by atoms with Crippen molar-refractivity contribution in [1.82, 2.24) is 0 Å². The van der Waals surface area contributed by atoms with Crippen LogP contribution in [0.25, 0.3) is 98.8 Å². The summed E-state index contributed by atoms with van der Waals surface area (Å²) in [5, 5.41) is 8.85. The van der Waals surface area contributed by atoms with Gasteiger partial charge in [-0.1, -0.05) is 284 Å². The van der Waals surface area contributed by atoms with Crippen LogP contribution < -0.4 is 9.80 Å². The molecule has 0 bridgehead atoms. The highest BCUT2D eigenvalue weighted by Gasteiger charge is 2.49. The summed E-state index contributed by atoms with van der Waals surface area (Å²) in [5.74, 6) is 0. The number of hydrogen-bond acceptors (Lipinski definition) is 4. The Labute approximate surface area is 555 Å². The lowest BCUT2D eigenvalue weighted by molar-refractivity contribution is 0.590. The molecule has 0 atom stereocenters. The highest BCUT2D eigenvalue weighted by atomic mass is 16.3. The van der Waals surface area contributed by atoms with E-state index in [-0.39, 0.29) is 10.8 Å². The molecular formula is C91H72N2O2. The Morgan fingerprint density at radius 1 is 0.274 bits per heavy atom. The summed E-state index contributed by atoms with van der Waals surface area (Å²) in [6, 6.07) is 108. The Morgan fingerprint density at radius 2 is 0.589 bits per heavy atom. The van der Waals surface area contributed by atoms with Gasteiger partial charge in [-0.3, -0.25) is 0 Å². The number of para-hydroxylation sites is 4. The first-order valence-electron chi connectivity index (χ1n) is 33.3. The van der Waals surface area contributed by atoms with E-state index in [1.54, 1.807) is 0 Å². The molecule has 4 nitrogen and oxygen atoms in total. The molecule has 95 heavy (non-hydrogen) atoms. The normalized spacial score (nSPS) is 12.9. The van der Waals surface area contributed by atoms with Gasteiger partial charge in [0.25, 0.3) is 0 Å². The third-order valence-electron chi connectivity index (χ3n) is 20.3. The molecule has 16 aromatic rings. The second-order valence-electron chi connectivity index (χ2n) is 28.0. The van der Waals surface area contributed by atoms with Crippen LogP contribution in [0.15, 0.2) is 300 Å². The average molecular weight is 1230 g/mol. The summed E-state index contributed by atoms with van der Waals surface area (Å²) >= 11 is 0. The molecule has 0 saturated carbocycles. The van der Waals surface area contributed by atoms with Crippen molar-refractivity contribution < 1.29 is 8.83 Å². The van der Waals surface area contributed by atoms with E-state index in [2.05, 4.69) is 356 Å². The van der Waals surface area contributed by atoms with Crippen LogP contribution >= 0.6 is 0 Å². The molecule has 0 unspecified atom stereocenters. The molecule has 0 radical (unpaired) electrons. The minimum atomic E-state index is -0.879. The van der Waals surface area contributed by atoms with Crippen molar-refractivity contribution in [3.63, 3.8) is 0 Å². The maximum atomic E-state index is 7.46. The molecule has 0 saturated heterocycles. The molecule has 2 heterocycles. The Bertz CT molecular complexity index is 5350. The predicted molar refractivity (Wildman–Crippen MR) is 400 cm³/mol. The first-order valence-corrected chi connectivity index (χ1v) is 33.3.